The van der Waals surface area contributed by atoms with Gasteiger partial charge in [-0.3, -0.25) is 4.99 Å². The van der Waals surface area contributed by atoms with Crippen LogP contribution in [0.4, 0.5) is 5.82 Å². The Labute approximate surface area is 174 Å². The smallest absolute Gasteiger partial charge is 0.191 e. The lowest BCUT2D eigenvalue weighted by atomic mass is 10.0. The number of nitrogens with one attached hydrogen (secondary N) is 2. The molecule has 5 nitrogen and oxygen atoms in total. The van der Waals surface area contributed by atoms with Crippen molar-refractivity contribution in [2.45, 2.75) is 26.3 Å². The fraction of sp³-hybridized carbons (Fsp3) is 0.400. The van der Waals surface area contributed by atoms with Crippen LogP contribution in [0.25, 0.3) is 0 Å². The molecule has 0 aliphatic carbocycles. The van der Waals surface area contributed by atoms with E-state index in [1.54, 1.807) is 7.05 Å². The molecule has 6 heteroatoms. The van der Waals surface area contributed by atoms with Crippen LogP contribution in [0.1, 0.15) is 29.5 Å². The molecule has 2 N–H and O–H groups in total. The summed E-state index contributed by atoms with van der Waals surface area (Å²) in [6.45, 7) is 5.84. The highest BCUT2D eigenvalue weighted by Crippen LogP contribution is 2.15. The van der Waals surface area contributed by atoms with Crippen LogP contribution in [0.3, 0.4) is 0 Å². The Hall–Kier alpha value is -1.83. The van der Waals surface area contributed by atoms with Crippen LogP contribution in [0, 0.1) is 6.92 Å². The first-order valence-electron chi connectivity index (χ1n) is 8.63. The Balaban J connectivity index is 0.00000338. The van der Waals surface area contributed by atoms with Crippen LogP contribution in [-0.4, -0.2) is 38.6 Å². The normalized spacial score (nSPS) is 12.1. The molecule has 0 spiro atoms. The van der Waals surface area contributed by atoms with Crippen molar-refractivity contribution in [3.05, 3.63) is 59.3 Å². The molecular formula is C20H30IN5. The summed E-state index contributed by atoms with van der Waals surface area (Å²) in [7, 11) is 5.80. The van der Waals surface area contributed by atoms with Gasteiger partial charge in [-0.15, -0.1) is 24.0 Å². The van der Waals surface area contributed by atoms with Crippen molar-refractivity contribution in [1.82, 2.24) is 15.6 Å². The average Bonchev–Trinajstić information content (AvgIpc) is 2.62. The SMILES string of the molecule is CN=C(NCc1cccnc1N(C)C)NCC(C)c1ccc(C)cc1.I. The molecule has 1 atom stereocenters. The minimum atomic E-state index is 0. The molecule has 0 aliphatic heterocycles. The average molecular weight is 467 g/mol. The van der Waals surface area contributed by atoms with Gasteiger partial charge in [0.25, 0.3) is 0 Å². The summed E-state index contributed by atoms with van der Waals surface area (Å²) in [4.78, 5) is 10.8. The standard InChI is InChI=1S/C20H29N5.HI/c1-15-8-10-17(11-9-15)16(2)13-23-20(21-3)24-14-18-7-6-12-22-19(18)25(4)5;/h6-12,16H,13-14H2,1-5H3,(H2,21,23,24);1H. The van der Waals surface area contributed by atoms with Crippen LogP contribution in [0.5, 0.6) is 0 Å². The van der Waals surface area contributed by atoms with Crippen molar-refractivity contribution in [1.29, 1.82) is 0 Å². The van der Waals surface area contributed by atoms with Crippen molar-refractivity contribution < 1.29 is 0 Å². The van der Waals surface area contributed by atoms with Crippen LogP contribution in [0.15, 0.2) is 47.6 Å². The van der Waals surface area contributed by atoms with Gasteiger partial charge in [-0.05, 0) is 24.5 Å². The van der Waals surface area contributed by atoms with E-state index in [4.69, 9.17) is 0 Å². The number of halogens is 1. The maximum absolute atomic E-state index is 4.43. The first kappa shape index (κ1) is 22.2. The van der Waals surface area contributed by atoms with Crippen LogP contribution in [-0.2, 0) is 6.54 Å². The van der Waals surface area contributed by atoms with E-state index in [1.165, 1.54) is 11.1 Å². The molecule has 0 saturated heterocycles. The first-order valence-corrected chi connectivity index (χ1v) is 8.63. The monoisotopic (exact) mass is 467 g/mol. The van der Waals surface area contributed by atoms with E-state index >= 15 is 0 Å². The Morgan fingerprint density at radius 1 is 1.15 bits per heavy atom. The fourth-order valence-electron chi connectivity index (χ4n) is 2.63. The highest BCUT2D eigenvalue weighted by Gasteiger charge is 2.08. The molecule has 1 aromatic heterocycles. The summed E-state index contributed by atoms with van der Waals surface area (Å²) in [6.07, 6.45) is 1.81. The van der Waals surface area contributed by atoms with Crippen molar-refractivity contribution in [2.75, 3.05) is 32.6 Å². The molecule has 142 valence electrons. The fourth-order valence-corrected chi connectivity index (χ4v) is 2.63. The number of benzene rings is 1. The number of rotatable bonds is 6. The van der Waals surface area contributed by atoms with E-state index in [2.05, 4.69) is 64.8 Å². The molecule has 1 aromatic carbocycles. The van der Waals surface area contributed by atoms with Crippen LogP contribution in [0.2, 0.25) is 0 Å². The predicted octanol–water partition coefficient (Wildman–Crippen LogP) is 3.54. The largest absolute Gasteiger partial charge is 0.362 e. The van der Waals surface area contributed by atoms with Crippen molar-refractivity contribution >= 4 is 35.8 Å². The third-order valence-electron chi connectivity index (χ3n) is 4.18. The van der Waals surface area contributed by atoms with E-state index in [-0.39, 0.29) is 24.0 Å². The lowest BCUT2D eigenvalue weighted by molar-refractivity contribution is 0.698. The summed E-state index contributed by atoms with van der Waals surface area (Å²) in [5.74, 6) is 2.18. The zero-order valence-electron chi connectivity index (χ0n) is 16.3. The van der Waals surface area contributed by atoms with Crippen LogP contribution >= 0.6 is 24.0 Å². The second-order valence-electron chi connectivity index (χ2n) is 6.50. The third-order valence-corrected chi connectivity index (χ3v) is 4.18. The highest BCUT2D eigenvalue weighted by atomic mass is 127. The second kappa shape index (κ2) is 11.0. The van der Waals surface area contributed by atoms with Crippen molar-refractivity contribution in [3.63, 3.8) is 0 Å². The second-order valence-corrected chi connectivity index (χ2v) is 6.50. The lowest BCUT2D eigenvalue weighted by Crippen LogP contribution is -2.38. The molecule has 0 saturated carbocycles. The zero-order chi connectivity index (χ0) is 18.2. The molecular weight excluding hydrogens is 437 g/mol. The highest BCUT2D eigenvalue weighted by molar-refractivity contribution is 14.0. The summed E-state index contributed by atoms with van der Waals surface area (Å²) < 4.78 is 0. The van der Waals surface area contributed by atoms with E-state index in [0.717, 1.165) is 23.9 Å². The number of hydrogen-bond donors (Lipinski definition) is 2. The molecule has 1 heterocycles. The van der Waals surface area contributed by atoms with Gasteiger partial charge in [0, 0.05) is 46.0 Å². The van der Waals surface area contributed by atoms with Gasteiger partial charge >= 0.3 is 0 Å². The van der Waals surface area contributed by atoms with E-state index < -0.39 is 0 Å². The molecule has 2 rings (SSSR count). The number of guanidine groups is 1. The number of aryl methyl sites for hydroxylation is 1. The van der Waals surface area contributed by atoms with E-state index in [0.29, 0.717) is 12.5 Å². The summed E-state index contributed by atoms with van der Waals surface area (Å²) >= 11 is 0. The van der Waals surface area contributed by atoms with Gasteiger partial charge in [-0.1, -0.05) is 42.8 Å². The quantitative estimate of drug-likeness (QED) is 0.388. The summed E-state index contributed by atoms with van der Waals surface area (Å²) in [5, 5.41) is 6.78. The molecule has 1 unspecified atom stereocenters. The predicted molar refractivity (Wildman–Crippen MR) is 122 cm³/mol. The maximum atomic E-state index is 4.43. The summed E-state index contributed by atoms with van der Waals surface area (Å²) in [5.41, 5.74) is 3.76. The van der Waals surface area contributed by atoms with E-state index in [1.807, 2.05) is 31.3 Å². The number of pyridine rings is 1. The Kier molecular flexibility index (Phi) is 9.40. The molecule has 26 heavy (non-hydrogen) atoms. The van der Waals surface area contributed by atoms with Gasteiger partial charge in [-0.2, -0.15) is 0 Å². The number of anilines is 1. The zero-order valence-corrected chi connectivity index (χ0v) is 18.6. The number of aromatic nitrogens is 1. The van der Waals surface area contributed by atoms with Crippen molar-refractivity contribution in [3.8, 4) is 0 Å². The Morgan fingerprint density at radius 2 is 1.85 bits per heavy atom. The number of hydrogen-bond acceptors (Lipinski definition) is 3. The molecule has 0 bridgehead atoms. The van der Waals surface area contributed by atoms with Crippen LogP contribution < -0.4 is 15.5 Å². The molecule has 2 aromatic rings. The van der Waals surface area contributed by atoms with Crippen molar-refractivity contribution in [2.24, 2.45) is 4.99 Å². The van der Waals surface area contributed by atoms with Gasteiger partial charge in [0.1, 0.15) is 5.82 Å². The van der Waals surface area contributed by atoms with Gasteiger partial charge < -0.3 is 15.5 Å². The number of nitrogens with zero attached hydrogens (tertiary/aromatic N) is 3. The molecule has 0 amide bonds. The van der Waals surface area contributed by atoms with Gasteiger partial charge in [-0.25, -0.2) is 4.98 Å². The topological polar surface area (TPSA) is 52.6 Å². The third kappa shape index (κ3) is 6.48. The maximum Gasteiger partial charge on any atom is 0.191 e. The van der Waals surface area contributed by atoms with Gasteiger partial charge in [0.2, 0.25) is 0 Å². The Bertz CT molecular complexity index is 698. The number of aliphatic imine (C=N–C) groups is 1. The summed E-state index contributed by atoms with van der Waals surface area (Å²) in [6, 6.07) is 12.7. The Morgan fingerprint density at radius 3 is 2.46 bits per heavy atom. The minimum absolute atomic E-state index is 0. The lowest BCUT2D eigenvalue weighted by Gasteiger charge is -2.19. The molecule has 0 aliphatic rings. The van der Waals surface area contributed by atoms with E-state index in [9.17, 15) is 0 Å². The molecule has 0 fully saturated rings. The minimum Gasteiger partial charge on any atom is -0.362 e. The van der Waals surface area contributed by atoms with Gasteiger partial charge in [0.15, 0.2) is 5.96 Å². The first-order chi connectivity index (χ1) is 12.0. The molecule has 0 radical (unpaired) electrons. The van der Waals surface area contributed by atoms with Gasteiger partial charge in [0.05, 0.1) is 0 Å².